The molecule has 0 aliphatic heterocycles. The molecule has 3 N–H and O–H groups in total. The zero-order chi connectivity index (χ0) is 35.0. The van der Waals surface area contributed by atoms with E-state index >= 15 is 0 Å². The summed E-state index contributed by atoms with van der Waals surface area (Å²) in [5.74, 6) is -1.31. The Morgan fingerprint density at radius 1 is 0.840 bits per heavy atom. The highest BCUT2D eigenvalue weighted by Crippen LogP contribution is 2.37. The number of aromatic nitrogens is 1. The molecule has 0 fully saturated rings. The van der Waals surface area contributed by atoms with E-state index in [0.29, 0.717) is 21.9 Å². The molecule has 10 nitrogen and oxygen atoms in total. The fourth-order valence-electron chi connectivity index (χ4n) is 4.91. The Bertz CT molecular complexity index is 2200. The number of carbonyl (C=O) groups is 3. The largest absolute Gasteiger partial charge is 0.321 e. The molecule has 1 atom stereocenters. The Kier molecular flexibility index (Phi) is 10.4. The number of amides is 3. The molecule has 248 valence electrons. The van der Waals surface area contributed by atoms with Crippen molar-refractivity contribution in [2.75, 3.05) is 10.6 Å². The predicted octanol–water partition coefficient (Wildman–Crippen LogP) is 8.39. The van der Waals surface area contributed by atoms with Gasteiger partial charge in [0.1, 0.15) is 10.9 Å². The lowest BCUT2D eigenvalue weighted by atomic mass is 10.1. The van der Waals surface area contributed by atoms with Crippen molar-refractivity contribution in [1.29, 1.82) is 0 Å². The molecule has 3 amide bonds. The van der Waals surface area contributed by atoms with E-state index in [-0.39, 0.29) is 17.3 Å². The number of hydrogen-bond donors (Lipinski definition) is 3. The molecule has 0 radical (unpaired) electrons. The lowest BCUT2D eigenvalue weighted by Crippen LogP contribution is -2.30. The van der Waals surface area contributed by atoms with Gasteiger partial charge in [0.15, 0.2) is 5.13 Å². The fraction of sp³-hybridized carbons (Fsp3) is 0.0526. The quantitative estimate of drug-likeness (QED) is 0.0533. The molecule has 12 heteroatoms. The van der Waals surface area contributed by atoms with Crippen LogP contribution in [0.3, 0.4) is 0 Å². The first-order chi connectivity index (χ1) is 24.2. The standard InChI is InChI=1S/C38H29N5O5S2/c1-24-12-21-31-33(22-24)50-38(41-31)42-37(46)34(26-8-4-2-5-9-26)49-30-19-15-28(16-20-30)39-36(45)32(40-35(44)27-10-6-3-7-11-27)23-25-13-17-29(18-14-25)43(47)48/h2-23,34H,1H3,(H,39,45)(H,40,44)(H,41,42,46)/b32-23-. The summed E-state index contributed by atoms with van der Waals surface area (Å²) in [6, 6.07) is 36.5. The van der Waals surface area contributed by atoms with Crippen LogP contribution in [0.15, 0.2) is 138 Å². The molecule has 0 spiro atoms. The van der Waals surface area contributed by atoms with E-state index in [2.05, 4.69) is 20.9 Å². The van der Waals surface area contributed by atoms with Crippen LogP contribution in [0.2, 0.25) is 0 Å². The minimum absolute atomic E-state index is 0.0584. The van der Waals surface area contributed by atoms with Crippen molar-refractivity contribution in [2.24, 2.45) is 0 Å². The van der Waals surface area contributed by atoms with E-state index < -0.39 is 22.0 Å². The molecule has 0 saturated carbocycles. The number of fused-ring (bicyclic) bond motifs is 1. The second kappa shape index (κ2) is 15.4. The zero-order valence-electron chi connectivity index (χ0n) is 26.5. The Labute approximate surface area is 295 Å². The van der Waals surface area contributed by atoms with Gasteiger partial charge in [0, 0.05) is 28.3 Å². The number of nitro groups is 1. The molecular weight excluding hydrogens is 671 g/mol. The molecule has 0 aliphatic carbocycles. The highest BCUT2D eigenvalue weighted by Gasteiger charge is 2.24. The number of thioether (sulfide) groups is 1. The van der Waals surface area contributed by atoms with Crippen LogP contribution in [-0.4, -0.2) is 27.6 Å². The van der Waals surface area contributed by atoms with Crippen LogP contribution in [0.1, 0.15) is 32.3 Å². The highest BCUT2D eigenvalue weighted by molar-refractivity contribution is 8.00. The molecule has 0 bridgehead atoms. The monoisotopic (exact) mass is 699 g/mol. The highest BCUT2D eigenvalue weighted by atomic mass is 32.2. The number of thiazole rings is 1. The molecule has 1 unspecified atom stereocenters. The van der Waals surface area contributed by atoms with Gasteiger partial charge in [-0.3, -0.25) is 24.5 Å². The van der Waals surface area contributed by atoms with Crippen LogP contribution in [0.5, 0.6) is 0 Å². The Morgan fingerprint density at radius 3 is 2.20 bits per heavy atom. The number of carbonyl (C=O) groups excluding carboxylic acids is 3. The lowest BCUT2D eigenvalue weighted by molar-refractivity contribution is -0.384. The molecule has 1 heterocycles. The molecule has 1 aromatic heterocycles. The lowest BCUT2D eigenvalue weighted by Gasteiger charge is -2.16. The van der Waals surface area contributed by atoms with Crippen LogP contribution in [0.25, 0.3) is 16.3 Å². The third kappa shape index (κ3) is 8.48. The van der Waals surface area contributed by atoms with Gasteiger partial charge >= 0.3 is 0 Å². The number of nitrogens with zero attached hydrogens (tertiary/aromatic N) is 2. The summed E-state index contributed by atoms with van der Waals surface area (Å²) in [5, 5.41) is 19.5. The Balaban J connectivity index is 1.19. The van der Waals surface area contributed by atoms with Crippen molar-refractivity contribution in [3.63, 3.8) is 0 Å². The van der Waals surface area contributed by atoms with Gasteiger partial charge in [-0.05, 0) is 90.4 Å². The molecule has 5 aromatic carbocycles. The maximum atomic E-state index is 13.6. The maximum absolute atomic E-state index is 13.6. The van der Waals surface area contributed by atoms with Crippen molar-refractivity contribution in [2.45, 2.75) is 17.1 Å². The number of hydrogen-bond acceptors (Lipinski definition) is 8. The average Bonchev–Trinajstić information content (AvgIpc) is 3.53. The summed E-state index contributed by atoms with van der Waals surface area (Å²) >= 11 is 2.78. The van der Waals surface area contributed by atoms with Crippen LogP contribution in [0, 0.1) is 17.0 Å². The van der Waals surface area contributed by atoms with Crippen molar-refractivity contribution in [3.8, 4) is 0 Å². The first kappa shape index (κ1) is 33.8. The first-order valence-electron chi connectivity index (χ1n) is 15.4. The van der Waals surface area contributed by atoms with Gasteiger partial charge < -0.3 is 16.0 Å². The molecule has 0 aliphatic rings. The zero-order valence-corrected chi connectivity index (χ0v) is 28.2. The number of non-ortho nitro benzene ring substituents is 1. The van der Waals surface area contributed by atoms with Crippen molar-refractivity contribution in [3.05, 3.63) is 165 Å². The van der Waals surface area contributed by atoms with Gasteiger partial charge in [0.25, 0.3) is 17.5 Å². The topological polar surface area (TPSA) is 143 Å². The van der Waals surface area contributed by atoms with Crippen LogP contribution >= 0.6 is 23.1 Å². The summed E-state index contributed by atoms with van der Waals surface area (Å²) < 4.78 is 0.993. The molecule has 0 saturated heterocycles. The first-order valence-corrected chi connectivity index (χ1v) is 17.0. The molecule has 50 heavy (non-hydrogen) atoms. The van der Waals surface area contributed by atoms with E-state index in [4.69, 9.17) is 0 Å². The van der Waals surface area contributed by atoms with Crippen molar-refractivity contribution >= 4 is 73.6 Å². The van der Waals surface area contributed by atoms with Gasteiger partial charge in [0.2, 0.25) is 5.91 Å². The summed E-state index contributed by atoms with van der Waals surface area (Å²) in [5.41, 5.74) is 3.88. The van der Waals surface area contributed by atoms with Gasteiger partial charge in [-0.1, -0.05) is 65.9 Å². The summed E-state index contributed by atoms with van der Waals surface area (Å²) in [6.07, 6.45) is 1.44. The van der Waals surface area contributed by atoms with Crippen molar-refractivity contribution < 1.29 is 19.3 Å². The smallest absolute Gasteiger partial charge is 0.272 e. The number of nitrogens with one attached hydrogen (secondary N) is 3. The minimum atomic E-state index is -0.597. The second-order valence-corrected chi connectivity index (χ2v) is 13.3. The van der Waals surface area contributed by atoms with Crippen LogP contribution < -0.4 is 16.0 Å². The number of nitro benzene ring substituents is 1. The minimum Gasteiger partial charge on any atom is -0.321 e. The van der Waals surface area contributed by atoms with E-state index in [0.717, 1.165) is 26.2 Å². The van der Waals surface area contributed by atoms with Crippen LogP contribution in [-0.2, 0) is 9.59 Å². The van der Waals surface area contributed by atoms with Gasteiger partial charge in [-0.15, -0.1) is 11.8 Å². The third-order valence-corrected chi connectivity index (χ3v) is 9.62. The number of anilines is 2. The van der Waals surface area contributed by atoms with Gasteiger partial charge in [-0.2, -0.15) is 0 Å². The Hall–Kier alpha value is -6.11. The van der Waals surface area contributed by atoms with E-state index in [1.54, 1.807) is 54.6 Å². The van der Waals surface area contributed by atoms with Gasteiger partial charge in [0.05, 0.1) is 15.1 Å². The van der Waals surface area contributed by atoms with E-state index in [9.17, 15) is 24.5 Å². The maximum Gasteiger partial charge on any atom is 0.272 e. The summed E-state index contributed by atoms with van der Waals surface area (Å²) in [6.45, 7) is 2.01. The SMILES string of the molecule is Cc1ccc2nc(NC(=O)C(Sc3ccc(NC(=O)/C(=C/c4ccc([N+](=O)[O-])cc4)NC(=O)c4ccccc4)cc3)c3ccccc3)sc2c1. The number of aryl methyl sites for hydroxylation is 1. The van der Waals surface area contributed by atoms with E-state index in [1.165, 1.54) is 53.4 Å². The molecular formula is C38H29N5O5S2. The normalized spacial score (nSPS) is 11.8. The molecule has 6 aromatic rings. The van der Waals surface area contributed by atoms with Crippen LogP contribution in [0.4, 0.5) is 16.5 Å². The van der Waals surface area contributed by atoms with Crippen molar-refractivity contribution in [1.82, 2.24) is 10.3 Å². The Morgan fingerprint density at radius 2 is 1.52 bits per heavy atom. The average molecular weight is 700 g/mol. The van der Waals surface area contributed by atoms with E-state index in [1.807, 2.05) is 55.5 Å². The van der Waals surface area contributed by atoms with Gasteiger partial charge in [-0.25, -0.2) is 4.98 Å². The summed E-state index contributed by atoms with van der Waals surface area (Å²) in [4.78, 5) is 56.1. The summed E-state index contributed by atoms with van der Waals surface area (Å²) in [7, 11) is 0. The predicted molar refractivity (Wildman–Crippen MR) is 198 cm³/mol. The number of rotatable bonds is 11. The second-order valence-electron chi connectivity index (χ2n) is 11.1. The fourth-order valence-corrected chi connectivity index (χ4v) is 6.90. The molecule has 6 rings (SSSR count). The number of benzene rings is 5. The third-order valence-electron chi connectivity index (χ3n) is 7.42.